The normalized spacial score (nSPS) is 44.3. The Hall–Kier alpha value is -2.37. The third-order valence-corrected chi connectivity index (χ3v) is 12.2. The van der Waals surface area contributed by atoms with Gasteiger partial charge in [0.1, 0.15) is 18.3 Å². The van der Waals surface area contributed by atoms with E-state index in [4.69, 9.17) is 14.2 Å². The van der Waals surface area contributed by atoms with Crippen LogP contribution in [0.25, 0.3) is 0 Å². The highest BCUT2D eigenvalue weighted by Gasteiger charge is 2.62. The lowest BCUT2D eigenvalue weighted by molar-refractivity contribution is -0.165. The van der Waals surface area contributed by atoms with Crippen molar-refractivity contribution in [3.8, 4) is 0 Å². The van der Waals surface area contributed by atoms with Crippen LogP contribution in [0.3, 0.4) is 0 Å². The monoisotopic (exact) mass is 534 g/mol. The van der Waals surface area contributed by atoms with Crippen LogP contribution in [0.4, 0.5) is 0 Å². The number of hydrogen-bond donors (Lipinski definition) is 0. The summed E-state index contributed by atoms with van der Waals surface area (Å²) in [7, 11) is 0. The van der Waals surface area contributed by atoms with Gasteiger partial charge in [0.25, 0.3) is 0 Å². The third kappa shape index (κ3) is 4.06. The summed E-state index contributed by atoms with van der Waals surface area (Å²) in [6.07, 6.45) is 12.6. The summed E-state index contributed by atoms with van der Waals surface area (Å²) in [5.41, 5.74) is 1.55. The van der Waals surface area contributed by atoms with Crippen LogP contribution in [0.15, 0.2) is 36.5 Å². The predicted octanol–water partition coefficient (Wildman–Crippen LogP) is 6.14. The molecule has 0 aliphatic heterocycles. The molecule has 210 valence electrons. The van der Waals surface area contributed by atoms with Gasteiger partial charge in [-0.15, -0.1) is 0 Å². The van der Waals surface area contributed by atoms with E-state index < -0.39 is 18.3 Å². The maximum atomic E-state index is 13.2. The van der Waals surface area contributed by atoms with E-state index in [-0.39, 0.29) is 34.2 Å². The first-order valence-corrected chi connectivity index (χ1v) is 15.4. The van der Waals surface area contributed by atoms with Crippen molar-refractivity contribution >= 4 is 17.9 Å². The summed E-state index contributed by atoms with van der Waals surface area (Å²) >= 11 is 0. The molecule has 6 nitrogen and oxygen atoms in total. The molecule has 0 aromatic heterocycles. The first kappa shape index (κ1) is 25.6. The molecule has 7 aliphatic rings. The minimum Gasteiger partial charge on any atom is -0.459 e. The maximum Gasteiger partial charge on any atom is 0.334 e. The molecule has 0 spiro atoms. The minimum atomic E-state index is -0.508. The topological polar surface area (TPSA) is 78.9 Å². The highest BCUT2D eigenvalue weighted by molar-refractivity contribution is 5.92. The standard InChI is InChI=1S/C33H42O6/c1-19(31-10-4-7-22(31)16-31)28(34)37-25-13-26(38-29(35)20(2)32-11-5-8-23(32)17-32)15-27(14-25)39-30(36)21(3)33-12-6-9-24(33)18-33/h22-27H,1-18H2. The van der Waals surface area contributed by atoms with Crippen LogP contribution in [0, 0.1) is 34.0 Å². The van der Waals surface area contributed by atoms with Crippen LogP contribution in [0.2, 0.25) is 0 Å². The molecule has 7 rings (SSSR count). The van der Waals surface area contributed by atoms with Gasteiger partial charge in [0, 0.05) is 52.2 Å². The number of fused-ring (bicyclic) bond motifs is 3. The number of hydrogen-bond acceptors (Lipinski definition) is 6. The van der Waals surface area contributed by atoms with E-state index in [1.165, 1.54) is 0 Å². The second-order valence-electron chi connectivity index (χ2n) is 14.1. The Morgan fingerprint density at radius 3 is 1.00 bits per heavy atom. The Balaban J connectivity index is 1.02. The Morgan fingerprint density at radius 1 is 0.513 bits per heavy atom. The van der Waals surface area contributed by atoms with Gasteiger partial charge in [0.2, 0.25) is 0 Å². The van der Waals surface area contributed by atoms with Gasteiger partial charge < -0.3 is 14.2 Å². The number of rotatable bonds is 9. The largest absolute Gasteiger partial charge is 0.459 e. The second kappa shape index (κ2) is 8.81. The molecule has 7 aliphatic carbocycles. The molecule has 0 heterocycles. The van der Waals surface area contributed by atoms with Crippen LogP contribution in [0.1, 0.15) is 96.3 Å². The van der Waals surface area contributed by atoms with Gasteiger partial charge in [-0.1, -0.05) is 39.0 Å². The lowest BCUT2D eigenvalue weighted by Gasteiger charge is -2.35. The Bertz CT molecular complexity index is 1020. The zero-order valence-electron chi connectivity index (χ0n) is 23.1. The summed E-state index contributed by atoms with van der Waals surface area (Å²) in [4.78, 5) is 39.5. The minimum absolute atomic E-state index is 0.0677. The summed E-state index contributed by atoms with van der Waals surface area (Å²) in [5, 5.41) is 0. The first-order chi connectivity index (χ1) is 18.7. The molecule has 0 saturated heterocycles. The third-order valence-electron chi connectivity index (χ3n) is 12.2. The average molecular weight is 535 g/mol. The Morgan fingerprint density at radius 2 is 0.795 bits per heavy atom. The van der Waals surface area contributed by atoms with Crippen LogP contribution >= 0.6 is 0 Å². The molecule has 0 N–H and O–H groups in total. The predicted molar refractivity (Wildman–Crippen MR) is 144 cm³/mol. The van der Waals surface area contributed by atoms with E-state index in [1.54, 1.807) is 0 Å². The fourth-order valence-electron chi connectivity index (χ4n) is 9.48. The van der Waals surface area contributed by atoms with Crippen molar-refractivity contribution in [2.45, 2.75) is 115 Å². The van der Waals surface area contributed by atoms with E-state index in [9.17, 15) is 14.4 Å². The molecule has 39 heavy (non-hydrogen) atoms. The lowest BCUT2D eigenvalue weighted by Crippen LogP contribution is -2.41. The molecule has 0 aromatic carbocycles. The zero-order chi connectivity index (χ0) is 27.2. The molecule has 6 heteroatoms. The summed E-state index contributed by atoms with van der Waals surface area (Å²) in [6, 6.07) is 0. The molecule has 0 aromatic rings. The number of carbonyl (C=O) groups excluding carboxylic acids is 3. The molecular formula is C33H42O6. The van der Waals surface area contributed by atoms with E-state index in [0.717, 1.165) is 77.0 Å². The van der Waals surface area contributed by atoms with Crippen molar-refractivity contribution in [2.75, 3.05) is 0 Å². The second-order valence-corrected chi connectivity index (χ2v) is 14.1. The molecule has 7 fully saturated rings. The molecule has 6 atom stereocenters. The van der Waals surface area contributed by atoms with Gasteiger partial charge in [-0.05, 0) is 75.5 Å². The maximum absolute atomic E-state index is 13.2. The van der Waals surface area contributed by atoms with E-state index >= 15 is 0 Å². The van der Waals surface area contributed by atoms with Crippen LogP contribution < -0.4 is 0 Å². The van der Waals surface area contributed by atoms with Crippen molar-refractivity contribution in [2.24, 2.45) is 34.0 Å². The molecule has 0 bridgehead atoms. The average Bonchev–Trinajstić information content (AvgIpc) is 3.84. The summed E-state index contributed by atoms with van der Waals surface area (Å²) in [6.45, 7) is 12.4. The van der Waals surface area contributed by atoms with Crippen molar-refractivity contribution in [3.63, 3.8) is 0 Å². The quantitative estimate of drug-likeness (QED) is 0.201. The number of carbonyl (C=O) groups is 3. The highest BCUT2D eigenvalue weighted by atomic mass is 16.6. The zero-order valence-corrected chi connectivity index (χ0v) is 23.1. The van der Waals surface area contributed by atoms with Crippen molar-refractivity contribution in [1.29, 1.82) is 0 Å². The van der Waals surface area contributed by atoms with Crippen LogP contribution in [-0.2, 0) is 28.6 Å². The highest BCUT2D eigenvalue weighted by Crippen LogP contribution is 2.69. The van der Waals surface area contributed by atoms with Crippen molar-refractivity contribution in [1.82, 2.24) is 0 Å². The lowest BCUT2D eigenvalue weighted by atomic mass is 9.90. The molecular weight excluding hydrogens is 492 g/mol. The fourth-order valence-corrected chi connectivity index (χ4v) is 9.48. The number of ether oxygens (including phenoxy) is 3. The van der Waals surface area contributed by atoms with Crippen LogP contribution in [0.5, 0.6) is 0 Å². The van der Waals surface area contributed by atoms with Gasteiger partial charge in [-0.2, -0.15) is 0 Å². The Kier molecular flexibility index (Phi) is 5.78. The molecule has 0 radical (unpaired) electrons. The number of esters is 3. The Labute approximate surface area is 231 Å². The van der Waals surface area contributed by atoms with E-state index in [1.807, 2.05) is 0 Å². The van der Waals surface area contributed by atoms with Gasteiger partial charge >= 0.3 is 17.9 Å². The van der Waals surface area contributed by atoms with E-state index in [2.05, 4.69) is 19.7 Å². The van der Waals surface area contributed by atoms with Gasteiger partial charge in [-0.3, -0.25) is 0 Å². The molecule has 7 saturated carbocycles. The van der Waals surface area contributed by atoms with Gasteiger partial charge in [0.15, 0.2) is 0 Å². The van der Waals surface area contributed by atoms with Crippen molar-refractivity contribution < 1.29 is 28.6 Å². The molecule has 0 amide bonds. The smallest absolute Gasteiger partial charge is 0.334 e. The summed E-state index contributed by atoms with van der Waals surface area (Å²) < 4.78 is 18.0. The van der Waals surface area contributed by atoms with Gasteiger partial charge in [-0.25, -0.2) is 14.4 Å². The molecule has 6 unspecified atom stereocenters. The van der Waals surface area contributed by atoms with Crippen molar-refractivity contribution in [3.05, 3.63) is 36.5 Å². The van der Waals surface area contributed by atoms with E-state index in [0.29, 0.717) is 53.7 Å². The van der Waals surface area contributed by atoms with Crippen LogP contribution in [-0.4, -0.2) is 36.2 Å². The summed E-state index contributed by atoms with van der Waals surface area (Å²) in [5.74, 6) is 0.618. The SMILES string of the molecule is C=C(C(=O)OC1CC(OC(=O)C(=C)C23CCCC2C3)CC(OC(=O)C(=C)C23CCCC2C3)C1)C12CCCC1C2. The fraction of sp³-hybridized carbons (Fsp3) is 0.727. The van der Waals surface area contributed by atoms with Gasteiger partial charge in [0.05, 0.1) is 0 Å². The first-order valence-electron chi connectivity index (χ1n) is 15.4.